The van der Waals surface area contributed by atoms with E-state index < -0.39 is 0 Å². The van der Waals surface area contributed by atoms with Crippen LogP contribution in [0.1, 0.15) is 11.1 Å². The molecule has 0 fully saturated rings. The van der Waals surface area contributed by atoms with E-state index in [9.17, 15) is 0 Å². The van der Waals surface area contributed by atoms with Gasteiger partial charge in [0.15, 0.2) is 0 Å². The summed E-state index contributed by atoms with van der Waals surface area (Å²) >= 11 is 0. The van der Waals surface area contributed by atoms with Gasteiger partial charge in [-0.25, -0.2) is 0 Å². The summed E-state index contributed by atoms with van der Waals surface area (Å²) in [5.41, 5.74) is 14.9. The molecule has 6 aromatic carbocycles. The van der Waals surface area contributed by atoms with Gasteiger partial charge in [0.05, 0.1) is 0 Å². The van der Waals surface area contributed by atoms with E-state index in [0.29, 0.717) is 0 Å². The maximum atomic E-state index is 6.44. The summed E-state index contributed by atoms with van der Waals surface area (Å²) in [7, 11) is 0. The molecule has 7 aromatic rings. The van der Waals surface area contributed by atoms with Crippen LogP contribution in [-0.4, -0.2) is 6.71 Å². The zero-order chi connectivity index (χ0) is 25.8. The van der Waals surface area contributed by atoms with Crippen molar-refractivity contribution in [2.75, 3.05) is 4.90 Å². The number of hydrogen-bond acceptors (Lipinski definition) is 2. The van der Waals surface area contributed by atoms with E-state index in [-0.39, 0.29) is 6.71 Å². The van der Waals surface area contributed by atoms with E-state index in [4.69, 9.17) is 4.42 Å². The van der Waals surface area contributed by atoms with Crippen molar-refractivity contribution in [1.82, 2.24) is 0 Å². The van der Waals surface area contributed by atoms with Crippen molar-refractivity contribution in [1.29, 1.82) is 0 Å². The van der Waals surface area contributed by atoms with Crippen LogP contribution in [-0.2, 0) is 0 Å². The predicted molar refractivity (Wildman–Crippen MR) is 165 cm³/mol. The zero-order valence-corrected chi connectivity index (χ0v) is 21.8. The van der Waals surface area contributed by atoms with Crippen LogP contribution in [0.3, 0.4) is 0 Å². The first kappa shape index (κ1) is 21.2. The normalized spacial score (nSPS) is 13.3. The summed E-state index contributed by atoms with van der Waals surface area (Å²) in [6.45, 7) is 4.52. The molecule has 0 saturated carbocycles. The Labute approximate surface area is 227 Å². The van der Waals surface area contributed by atoms with E-state index >= 15 is 0 Å². The van der Waals surface area contributed by atoms with Crippen LogP contribution < -0.4 is 21.3 Å². The number of aryl methyl sites for hydroxylation is 2. The van der Waals surface area contributed by atoms with Gasteiger partial charge in [0.25, 0.3) is 0 Å². The number of nitrogens with zero attached hydrogens (tertiary/aromatic N) is 1. The first-order valence-corrected chi connectivity index (χ1v) is 13.6. The van der Waals surface area contributed by atoms with Crippen LogP contribution >= 0.6 is 0 Å². The molecule has 2 aliphatic heterocycles. The average molecular weight is 497 g/mol. The lowest BCUT2D eigenvalue weighted by atomic mass is 9.32. The highest BCUT2D eigenvalue weighted by atomic mass is 16.3. The number of benzene rings is 6. The largest absolute Gasteiger partial charge is 0.456 e. The predicted octanol–water partition coefficient (Wildman–Crippen LogP) is 7.64. The molecule has 9 rings (SSSR count). The first-order chi connectivity index (χ1) is 19.2. The van der Waals surface area contributed by atoms with Gasteiger partial charge in [-0.1, -0.05) is 89.4 Å². The molecule has 0 amide bonds. The third-order valence-corrected chi connectivity index (χ3v) is 8.76. The molecular weight excluding hydrogens is 473 g/mol. The van der Waals surface area contributed by atoms with Gasteiger partial charge in [-0.3, -0.25) is 0 Å². The summed E-state index contributed by atoms with van der Waals surface area (Å²) in [5, 5.41) is 4.98. The molecule has 0 atom stereocenters. The van der Waals surface area contributed by atoms with Gasteiger partial charge in [0.1, 0.15) is 11.2 Å². The fourth-order valence-electron chi connectivity index (χ4n) is 7.16. The Morgan fingerprint density at radius 2 is 1.44 bits per heavy atom. The van der Waals surface area contributed by atoms with Crippen molar-refractivity contribution in [3.05, 3.63) is 120 Å². The maximum Gasteiger partial charge on any atom is 0.248 e. The quantitative estimate of drug-likeness (QED) is 0.217. The molecular formula is C36H24BNO. The fraction of sp³-hybridized carbons (Fsp3) is 0.0556. The highest BCUT2D eigenvalue weighted by molar-refractivity contribution is 7.01. The minimum absolute atomic E-state index is 0.166. The van der Waals surface area contributed by atoms with Gasteiger partial charge >= 0.3 is 0 Å². The SMILES string of the molecule is Cc1ccc(N2c3ccc(C)cc3B3c4c(cccc42)-c2c4c3cccc4cc3oc4ccccc4c23)cc1. The Hall–Kier alpha value is -4.76. The van der Waals surface area contributed by atoms with E-state index in [1.807, 2.05) is 0 Å². The Morgan fingerprint density at radius 1 is 0.615 bits per heavy atom. The van der Waals surface area contributed by atoms with Gasteiger partial charge in [0.2, 0.25) is 6.71 Å². The van der Waals surface area contributed by atoms with Crippen molar-refractivity contribution in [2.24, 2.45) is 0 Å². The van der Waals surface area contributed by atoms with Gasteiger partial charge in [-0.2, -0.15) is 0 Å². The van der Waals surface area contributed by atoms with Crippen LogP contribution in [0.4, 0.5) is 17.1 Å². The summed E-state index contributed by atoms with van der Waals surface area (Å²) in [4.78, 5) is 2.46. The average Bonchev–Trinajstić information content (AvgIpc) is 3.33. The highest BCUT2D eigenvalue weighted by Crippen LogP contribution is 2.46. The number of para-hydroxylation sites is 1. The van der Waals surface area contributed by atoms with Gasteiger partial charge in [-0.15, -0.1) is 0 Å². The Kier molecular flexibility index (Phi) is 4.04. The topological polar surface area (TPSA) is 16.4 Å². The van der Waals surface area contributed by atoms with Crippen molar-refractivity contribution in [3.63, 3.8) is 0 Å². The van der Waals surface area contributed by atoms with Crippen molar-refractivity contribution in [2.45, 2.75) is 13.8 Å². The molecule has 2 aliphatic rings. The van der Waals surface area contributed by atoms with Gasteiger partial charge in [-0.05, 0) is 77.5 Å². The van der Waals surface area contributed by atoms with E-state index in [0.717, 1.165) is 11.2 Å². The van der Waals surface area contributed by atoms with Crippen LogP contribution in [0, 0.1) is 13.8 Å². The summed E-state index contributed by atoms with van der Waals surface area (Å²) in [6.07, 6.45) is 0. The van der Waals surface area contributed by atoms with Gasteiger partial charge in [0, 0.05) is 33.4 Å². The number of anilines is 3. The molecule has 0 saturated heterocycles. The molecule has 3 heteroatoms. The lowest BCUT2D eigenvalue weighted by molar-refractivity contribution is 0.669. The second-order valence-electron chi connectivity index (χ2n) is 11.1. The van der Waals surface area contributed by atoms with Crippen molar-refractivity contribution < 1.29 is 4.42 Å². The monoisotopic (exact) mass is 497 g/mol. The molecule has 0 radical (unpaired) electrons. The minimum Gasteiger partial charge on any atom is -0.456 e. The Balaban J connectivity index is 1.49. The smallest absolute Gasteiger partial charge is 0.248 e. The molecule has 182 valence electrons. The van der Waals surface area contributed by atoms with Crippen LogP contribution in [0.25, 0.3) is 43.8 Å². The second kappa shape index (κ2) is 7.42. The first-order valence-electron chi connectivity index (χ1n) is 13.6. The molecule has 0 aliphatic carbocycles. The number of fused-ring (bicyclic) bond motifs is 8. The summed E-state index contributed by atoms with van der Waals surface area (Å²) < 4.78 is 6.44. The molecule has 3 heterocycles. The van der Waals surface area contributed by atoms with Gasteiger partial charge < -0.3 is 9.32 Å². The third kappa shape index (κ3) is 2.72. The number of hydrogen-bond donors (Lipinski definition) is 0. The molecule has 0 bridgehead atoms. The van der Waals surface area contributed by atoms with E-state index in [1.54, 1.807) is 0 Å². The zero-order valence-electron chi connectivity index (χ0n) is 21.8. The van der Waals surface area contributed by atoms with E-state index in [2.05, 4.69) is 128 Å². The lowest BCUT2D eigenvalue weighted by Gasteiger charge is -2.40. The van der Waals surface area contributed by atoms with Crippen LogP contribution in [0.15, 0.2) is 114 Å². The molecule has 0 N–H and O–H groups in total. The Bertz CT molecular complexity index is 2150. The van der Waals surface area contributed by atoms with E-state index in [1.165, 1.54) is 77.2 Å². The highest BCUT2D eigenvalue weighted by Gasteiger charge is 2.41. The molecule has 0 unspecified atom stereocenters. The Morgan fingerprint density at radius 3 is 2.33 bits per heavy atom. The fourth-order valence-corrected chi connectivity index (χ4v) is 7.16. The van der Waals surface area contributed by atoms with Crippen LogP contribution in [0.2, 0.25) is 0 Å². The maximum absolute atomic E-state index is 6.44. The number of furan rings is 1. The standard InChI is InChI=1S/C36H24BNO/c1-21-13-16-24(17-14-21)38-29-18-15-22(2)19-28(29)37-27-10-5-7-23-20-32-34(25-8-3-4-12-31(25)39-32)35(33(23)27)26-9-6-11-30(38)36(26)37/h3-20H,1-2H3. The lowest BCUT2D eigenvalue weighted by Crippen LogP contribution is -2.59. The minimum atomic E-state index is 0.166. The molecule has 0 spiro atoms. The molecule has 39 heavy (non-hydrogen) atoms. The van der Waals surface area contributed by atoms with Crippen molar-refractivity contribution >= 4 is 72.9 Å². The third-order valence-electron chi connectivity index (χ3n) is 8.76. The molecule has 2 nitrogen and oxygen atoms in total. The summed E-state index contributed by atoms with van der Waals surface area (Å²) in [5.74, 6) is 0. The van der Waals surface area contributed by atoms with Crippen molar-refractivity contribution in [3.8, 4) is 11.1 Å². The second-order valence-corrected chi connectivity index (χ2v) is 11.1. The summed E-state index contributed by atoms with van der Waals surface area (Å²) in [6, 6.07) is 40.2. The molecule has 1 aromatic heterocycles. The van der Waals surface area contributed by atoms with Crippen LogP contribution in [0.5, 0.6) is 0 Å². The number of rotatable bonds is 1.